The molecule has 31 heavy (non-hydrogen) atoms. The van der Waals surface area contributed by atoms with E-state index in [0.29, 0.717) is 12.8 Å². The summed E-state index contributed by atoms with van der Waals surface area (Å²) in [4.78, 5) is 23.5. The first-order chi connectivity index (χ1) is 14.5. The van der Waals surface area contributed by atoms with E-state index >= 15 is 0 Å². The summed E-state index contributed by atoms with van der Waals surface area (Å²) >= 11 is 0. The number of hydrogen-bond donors (Lipinski definition) is 3. The van der Waals surface area contributed by atoms with E-state index in [4.69, 9.17) is 5.73 Å². The van der Waals surface area contributed by atoms with Crippen LogP contribution in [0.2, 0.25) is 0 Å². The predicted octanol–water partition coefficient (Wildman–Crippen LogP) is 2.99. The smallest absolute Gasteiger partial charge is 0.368 e. The van der Waals surface area contributed by atoms with Crippen LogP contribution in [0.3, 0.4) is 0 Å². The molecule has 0 aromatic heterocycles. The first kappa shape index (κ1) is 22.6. The predicted molar refractivity (Wildman–Crippen MR) is 107 cm³/mol. The Balaban J connectivity index is 1.65. The van der Waals surface area contributed by atoms with Crippen LogP contribution in [0.5, 0.6) is 0 Å². The van der Waals surface area contributed by atoms with Gasteiger partial charge >= 0.3 is 12.2 Å². The first-order valence-electron chi connectivity index (χ1n) is 9.15. The van der Waals surface area contributed by atoms with E-state index in [9.17, 15) is 31.2 Å². The van der Waals surface area contributed by atoms with Crippen LogP contribution in [0, 0.1) is 0 Å². The molecule has 8 nitrogen and oxygen atoms in total. The van der Waals surface area contributed by atoms with Gasteiger partial charge < -0.3 is 16.4 Å². The number of carbonyl (C=O) groups is 2. The maximum atomic E-state index is 12.8. The summed E-state index contributed by atoms with van der Waals surface area (Å²) in [5.41, 5.74) is 4.85. The lowest BCUT2D eigenvalue weighted by atomic mass is 10.2. The highest BCUT2D eigenvalue weighted by molar-refractivity contribution is 7.89. The molecule has 2 aromatic rings. The Hall–Kier alpha value is -3.12. The third-order valence-electron chi connectivity index (χ3n) is 4.72. The number of primary amides is 1. The summed E-state index contributed by atoms with van der Waals surface area (Å²) in [6, 6.07) is 7.56. The molecular weight excluding hydrogens is 437 g/mol. The van der Waals surface area contributed by atoms with Crippen LogP contribution in [-0.2, 0) is 21.0 Å². The monoisotopic (exact) mass is 456 g/mol. The van der Waals surface area contributed by atoms with Gasteiger partial charge in [0.2, 0.25) is 15.9 Å². The van der Waals surface area contributed by atoms with Crippen molar-refractivity contribution in [1.29, 1.82) is 0 Å². The first-order valence-corrected chi connectivity index (χ1v) is 10.6. The molecule has 1 aliphatic rings. The van der Waals surface area contributed by atoms with Gasteiger partial charge in [0.25, 0.3) is 0 Å². The fraction of sp³-hybridized carbons (Fsp3) is 0.263. The van der Waals surface area contributed by atoms with E-state index in [0.717, 1.165) is 28.6 Å². The van der Waals surface area contributed by atoms with E-state index in [1.54, 1.807) is 0 Å². The number of alkyl halides is 3. The van der Waals surface area contributed by atoms with Crippen LogP contribution < -0.4 is 16.4 Å². The van der Waals surface area contributed by atoms with Gasteiger partial charge in [0.15, 0.2) is 0 Å². The summed E-state index contributed by atoms with van der Waals surface area (Å²) in [5.74, 6) is -0.709. The number of halogens is 3. The van der Waals surface area contributed by atoms with Gasteiger partial charge in [-0.3, -0.25) is 4.79 Å². The largest absolute Gasteiger partial charge is 0.416 e. The fourth-order valence-corrected chi connectivity index (χ4v) is 4.86. The molecule has 166 valence electrons. The second-order valence-electron chi connectivity index (χ2n) is 6.85. The van der Waals surface area contributed by atoms with Crippen molar-refractivity contribution in [3.05, 3.63) is 54.1 Å². The van der Waals surface area contributed by atoms with Gasteiger partial charge in [-0.05, 0) is 61.4 Å². The van der Waals surface area contributed by atoms with Crippen molar-refractivity contribution in [2.24, 2.45) is 5.73 Å². The van der Waals surface area contributed by atoms with E-state index in [1.165, 1.54) is 24.3 Å². The molecule has 3 amide bonds. The second kappa shape index (κ2) is 8.55. The van der Waals surface area contributed by atoms with Crippen LogP contribution in [0.1, 0.15) is 18.4 Å². The topological polar surface area (TPSA) is 122 Å². The van der Waals surface area contributed by atoms with E-state index in [-0.39, 0.29) is 22.8 Å². The van der Waals surface area contributed by atoms with Gasteiger partial charge in [0, 0.05) is 17.9 Å². The Morgan fingerprint density at radius 1 is 0.968 bits per heavy atom. The number of nitrogens with two attached hydrogens (primary N) is 1. The third kappa shape index (κ3) is 5.14. The summed E-state index contributed by atoms with van der Waals surface area (Å²) in [6.45, 7) is 0.186. The van der Waals surface area contributed by atoms with E-state index in [2.05, 4.69) is 10.6 Å². The second-order valence-corrected chi connectivity index (χ2v) is 8.75. The minimum absolute atomic E-state index is 0.0608. The zero-order valence-electron chi connectivity index (χ0n) is 16.0. The number of benzene rings is 2. The highest BCUT2D eigenvalue weighted by Crippen LogP contribution is 2.30. The molecular formula is C19H19F3N4O4S. The average Bonchev–Trinajstić information content (AvgIpc) is 3.19. The number of anilines is 2. The van der Waals surface area contributed by atoms with Crippen molar-refractivity contribution in [2.75, 3.05) is 17.2 Å². The van der Waals surface area contributed by atoms with Crippen molar-refractivity contribution in [2.45, 2.75) is 30.0 Å². The molecule has 0 unspecified atom stereocenters. The normalized spacial score (nSPS) is 17.3. The van der Waals surface area contributed by atoms with Gasteiger partial charge in [0.1, 0.15) is 6.04 Å². The Bertz CT molecular complexity index is 1070. The molecule has 0 saturated carbocycles. The van der Waals surface area contributed by atoms with Gasteiger partial charge in [-0.25, -0.2) is 13.2 Å². The molecule has 3 rings (SSSR count). The van der Waals surface area contributed by atoms with Crippen molar-refractivity contribution in [3.8, 4) is 0 Å². The van der Waals surface area contributed by atoms with Crippen molar-refractivity contribution >= 4 is 33.3 Å². The number of nitrogens with zero attached hydrogens (tertiary/aromatic N) is 1. The summed E-state index contributed by atoms with van der Waals surface area (Å²) in [6.07, 6.45) is -3.59. The molecule has 1 fully saturated rings. The Morgan fingerprint density at radius 2 is 1.48 bits per heavy atom. The van der Waals surface area contributed by atoms with Crippen LogP contribution >= 0.6 is 0 Å². The van der Waals surface area contributed by atoms with Crippen LogP contribution in [0.15, 0.2) is 53.4 Å². The lowest BCUT2D eigenvalue weighted by molar-refractivity contribution is -0.137. The molecule has 4 N–H and O–H groups in total. The Morgan fingerprint density at radius 3 is 1.97 bits per heavy atom. The van der Waals surface area contributed by atoms with Crippen LogP contribution in [0.4, 0.5) is 29.3 Å². The van der Waals surface area contributed by atoms with Crippen LogP contribution in [-0.4, -0.2) is 37.2 Å². The maximum absolute atomic E-state index is 12.8. The van der Waals surface area contributed by atoms with Crippen molar-refractivity contribution in [1.82, 2.24) is 4.31 Å². The molecule has 0 bridgehead atoms. The third-order valence-corrected chi connectivity index (χ3v) is 6.64. The van der Waals surface area contributed by atoms with Crippen molar-refractivity contribution in [3.63, 3.8) is 0 Å². The standard InChI is InChI=1S/C19H19F3N4O4S/c20-19(21,22)12-3-5-13(6-4-12)24-18(28)25-14-7-9-15(10-8-14)31(29,30)26-11-1-2-16(26)17(23)27/h3-10,16H,1-2,11H2,(H2,23,27)(H2,24,25,28)/t16-/m0/s1. The molecule has 1 heterocycles. The number of hydrogen-bond acceptors (Lipinski definition) is 4. The minimum Gasteiger partial charge on any atom is -0.368 e. The highest BCUT2D eigenvalue weighted by atomic mass is 32.2. The Kier molecular flexibility index (Phi) is 6.23. The van der Waals surface area contributed by atoms with Gasteiger partial charge in [-0.15, -0.1) is 0 Å². The number of carbonyl (C=O) groups excluding carboxylic acids is 2. The van der Waals surface area contributed by atoms with Crippen molar-refractivity contribution < 1.29 is 31.2 Å². The van der Waals surface area contributed by atoms with E-state index < -0.39 is 39.7 Å². The zero-order valence-corrected chi connectivity index (χ0v) is 16.8. The molecule has 0 aliphatic carbocycles. The number of amides is 3. The molecule has 1 atom stereocenters. The average molecular weight is 456 g/mol. The van der Waals surface area contributed by atoms with E-state index in [1.807, 2.05) is 0 Å². The fourth-order valence-electron chi connectivity index (χ4n) is 3.19. The Labute approximate surface area is 176 Å². The zero-order chi connectivity index (χ0) is 22.8. The molecule has 1 aliphatic heterocycles. The van der Waals surface area contributed by atoms with Gasteiger partial charge in [0.05, 0.1) is 10.5 Å². The highest BCUT2D eigenvalue weighted by Gasteiger charge is 2.38. The summed E-state index contributed by atoms with van der Waals surface area (Å²) in [5, 5.41) is 4.84. The SMILES string of the molecule is NC(=O)[C@@H]1CCCN1S(=O)(=O)c1ccc(NC(=O)Nc2ccc(C(F)(F)F)cc2)cc1. The van der Waals surface area contributed by atoms with Gasteiger partial charge in [-0.1, -0.05) is 0 Å². The number of urea groups is 1. The molecule has 2 aromatic carbocycles. The summed E-state index contributed by atoms with van der Waals surface area (Å²) in [7, 11) is -3.93. The molecule has 1 saturated heterocycles. The molecule has 0 radical (unpaired) electrons. The lowest BCUT2D eigenvalue weighted by Gasteiger charge is -2.21. The van der Waals surface area contributed by atoms with Gasteiger partial charge in [-0.2, -0.15) is 17.5 Å². The quantitative estimate of drug-likeness (QED) is 0.640. The maximum Gasteiger partial charge on any atom is 0.416 e. The summed E-state index contributed by atoms with van der Waals surface area (Å²) < 4.78 is 64.3. The lowest BCUT2D eigenvalue weighted by Crippen LogP contribution is -2.43. The number of rotatable bonds is 5. The minimum atomic E-state index is -4.48. The number of sulfonamides is 1. The molecule has 0 spiro atoms. The molecule has 12 heteroatoms. The van der Waals surface area contributed by atoms with Crippen LogP contribution in [0.25, 0.3) is 0 Å². The number of nitrogens with one attached hydrogen (secondary N) is 2.